The average Bonchev–Trinajstić information content (AvgIpc) is 2.75. The zero-order valence-corrected chi connectivity index (χ0v) is 11.8. The molecule has 16 heavy (non-hydrogen) atoms. The van der Waals surface area contributed by atoms with E-state index in [-0.39, 0.29) is 0 Å². The van der Waals surface area contributed by atoms with Crippen molar-refractivity contribution >= 4 is 33.0 Å². The molecule has 0 radical (unpaired) electrons. The molecule has 0 saturated heterocycles. The number of halogens is 1. The molecule has 2 aromatic rings. The Morgan fingerprint density at radius 2 is 1.94 bits per heavy atom. The number of rotatable bonds is 3. The molecule has 1 nitrogen and oxygen atoms in total. The highest BCUT2D eigenvalue weighted by molar-refractivity contribution is 9.10. The Morgan fingerprint density at radius 1 is 1.25 bits per heavy atom. The van der Waals surface area contributed by atoms with Crippen LogP contribution in [0, 0.1) is 13.8 Å². The smallest absolute Gasteiger partial charge is 0.0494 e. The second-order valence-electron chi connectivity index (χ2n) is 3.86. The molecule has 0 bridgehead atoms. The zero-order valence-electron chi connectivity index (χ0n) is 9.38. The van der Waals surface area contributed by atoms with E-state index in [1.165, 1.54) is 26.2 Å². The van der Waals surface area contributed by atoms with Gasteiger partial charge in [0, 0.05) is 21.6 Å². The highest BCUT2D eigenvalue weighted by Crippen LogP contribution is 2.25. The Hall–Kier alpha value is -0.800. The summed E-state index contributed by atoms with van der Waals surface area (Å²) in [5.74, 6) is 0. The summed E-state index contributed by atoms with van der Waals surface area (Å²) in [6.45, 7) is 5.14. The summed E-state index contributed by atoms with van der Waals surface area (Å²) in [5.41, 5.74) is 3.73. The second-order valence-corrected chi connectivity index (χ2v) is 5.68. The monoisotopic (exact) mass is 295 g/mol. The van der Waals surface area contributed by atoms with Gasteiger partial charge in [-0.1, -0.05) is 22.0 Å². The van der Waals surface area contributed by atoms with Gasteiger partial charge >= 0.3 is 0 Å². The van der Waals surface area contributed by atoms with Gasteiger partial charge in [-0.05, 0) is 48.6 Å². The molecule has 1 aromatic heterocycles. The van der Waals surface area contributed by atoms with Crippen LogP contribution in [0.4, 0.5) is 5.69 Å². The van der Waals surface area contributed by atoms with Crippen LogP contribution < -0.4 is 5.32 Å². The molecule has 84 valence electrons. The highest BCUT2D eigenvalue weighted by atomic mass is 79.9. The lowest BCUT2D eigenvalue weighted by atomic mass is 10.1. The number of hydrogen-bond donors (Lipinski definition) is 1. The van der Waals surface area contributed by atoms with Gasteiger partial charge in [0.25, 0.3) is 0 Å². The van der Waals surface area contributed by atoms with E-state index in [2.05, 4.69) is 64.7 Å². The van der Waals surface area contributed by atoms with Crippen molar-refractivity contribution in [3.63, 3.8) is 0 Å². The van der Waals surface area contributed by atoms with Crippen LogP contribution in [0.25, 0.3) is 0 Å². The van der Waals surface area contributed by atoms with Crippen LogP contribution in [-0.4, -0.2) is 0 Å². The summed E-state index contributed by atoms with van der Waals surface area (Å²) >= 11 is 5.36. The lowest BCUT2D eigenvalue weighted by Crippen LogP contribution is -1.98. The molecule has 1 N–H and O–H groups in total. The highest BCUT2D eigenvalue weighted by Gasteiger charge is 2.02. The average molecular weight is 296 g/mol. The quantitative estimate of drug-likeness (QED) is 0.862. The van der Waals surface area contributed by atoms with Gasteiger partial charge in [0.1, 0.15) is 0 Å². The number of aryl methyl sites for hydroxylation is 2. The van der Waals surface area contributed by atoms with Crippen molar-refractivity contribution in [2.75, 3.05) is 5.32 Å². The molecule has 0 atom stereocenters. The summed E-state index contributed by atoms with van der Waals surface area (Å²) in [4.78, 5) is 1.36. The lowest BCUT2D eigenvalue weighted by Gasteiger charge is -2.09. The van der Waals surface area contributed by atoms with Crippen molar-refractivity contribution in [1.29, 1.82) is 0 Å². The fraction of sp³-hybridized carbons (Fsp3) is 0.231. The van der Waals surface area contributed by atoms with Crippen LogP contribution in [0.15, 0.2) is 34.1 Å². The van der Waals surface area contributed by atoms with E-state index in [0.717, 1.165) is 6.54 Å². The van der Waals surface area contributed by atoms with Crippen LogP contribution in [-0.2, 0) is 6.54 Å². The van der Waals surface area contributed by atoms with Crippen molar-refractivity contribution in [1.82, 2.24) is 0 Å². The standard InChI is InChI=1S/C13H14BrNS/c1-9-6-11(7-10(2)13(9)14)15-8-12-4-3-5-16-12/h3-7,15H,8H2,1-2H3. The topological polar surface area (TPSA) is 12.0 Å². The minimum Gasteiger partial charge on any atom is -0.380 e. The predicted molar refractivity (Wildman–Crippen MR) is 75.3 cm³/mol. The molecule has 0 spiro atoms. The summed E-state index contributed by atoms with van der Waals surface area (Å²) in [5, 5.41) is 5.55. The molecule has 0 aliphatic rings. The number of benzene rings is 1. The minimum absolute atomic E-state index is 0.901. The Kier molecular flexibility index (Phi) is 3.66. The van der Waals surface area contributed by atoms with Crippen molar-refractivity contribution < 1.29 is 0 Å². The first-order valence-electron chi connectivity index (χ1n) is 5.20. The number of anilines is 1. The maximum absolute atomic E-state index is 3.58. The second kappa shape index (κ2) is 5.02. The molecular formula is C13H14BrNS. The Balaban J connectivity index is 2.10. The molecule has 0 unspecified atom stereocenters. The zero-order chi connectivity index (χ0) is 11.5. The third-order valence-corrected chi connectivity index (χ3v) is 4.61. The van der Waals surface area contributed by atoms with E-state index in [9.17, 15) is 0 Å². The van der Waals surface area contributed by atoms with E-state index in [1.54, 1.807) is 11.3 Å². The fourth-order valence-electron chi connectivity index (χ4n) is 1.65. The third-order valence-electron chi connectivity index (χ3n) is 2.48. The van der Waals surface area contributed by atoms with Gasteiger partial charge in [0.15, 0.2) is 0 Å². The first-order chi connectivity index (χ1) is 7.66. The van der Waals surface area contributed by atoms with Crippen LogP contribution in [0.2, 0.25) is 0 Å². The minimum atomic E-state index is 0.901. The van der Waals surface area contributed by atoms with E-state index < -0.39 is 0 Å². The molecule has 2 rings (SSSR count). The first-order valence-corrected chi connectivity index (χ1v) is 6.87. The normalized spacial score (nSPS) is 10.4. The maximum Gasteiger partial charge on any atom is 0.0494 e. The van der Waals surface area contributed by atoms with Gasteiger partial charge in [-0.25, -0.2) is 0 Å². The van der Waals surface area contributed by atoms with Crippen LogP contribution >= 0.6 is 27.3 Å². The Bertz CT molecular complexity index is 454. The number of nitrogens with one attached hydrogen (secondary N) is 1. The fourth-order valence-corrected chi connectivity index (χ4v) is 2.52. The molecule has 0 aliphatic carbocycles. The van der Waals surface area contributed by atoms with E-state index in [4.69, 9.17) is 0 Å². The van der Waals surface area contributed by atoms with Gasteiger partial charge in [0.05, 0.1) is 0 Å². The van der Waals surface area contributed by atoms with Crippen molar-refractivity contribution in [3.05, 3.63) is 50.1 Å². The Morgan fingerprint density at radius 3 is 2.50 bits per heavy atom. The first kappa shape index (κ1) is 11.7. The summed E-state index contributed by atoms with van der Waals surface area (Å²) in [6.07, 6.45) is 0. The molecule has 0 aliphatic heterocycles. The predicted octanol–water partition coefficient (Wildman–Crippen LogP) is 4.74. The molecule has 0 amide bonds. The van der Waals surface area contributed by atoms with E-state index in [1.807, 2.05) is 0 Å². The molecule has 1 aromatic carbocycles. The van der Waals surface area contributed by atoms with Crippen molar-refractivity contribution in [2.45, 2.75) is 20.4 Å². The molecule has 0 fully saturated rings. The number of hydrogen-bond acceptors (Lipinski definition) is 2. The van der Waals surface area contributed by atoms with Crippen molar-refractivity contribution in [2.24, 2.45) is 0 Å². The summed E-state index contributed by atoms with van der Waals surface area (Å²) < 4.78 is 1.20. The van der Waals surface area contributed by atoms with Crippen LogP contribution in [0.3, 0.4) is 0 Å². The SMILES string of the molecule is Cc1cc(NCc2cccs2)cc(C)c1Br. The van der Waals surface area contributed by atoms with Gasteiger partial charge in [0.2, 0.25) is 0 Å². The van der Waals surface area contributed by atoms with Crippen LogP contribution in [0.1, 0.15) is 16.0 Å². The van der Waals surface area contributed by atoms with Crippen LogP contribution in [0.5, 0.6) is 0 Å². The molecule has 3 heteroatoms. The molecular weight excluding hydrogens is 282 g/mol. The van der Waals surface area contributed by atoms with Gasteiger partial charge < -0.3 is 5.32 Å². The van der Waals surface area contributed by atoms with E-state index >= 15 is 0 Å². The van der Waals surface area contributed by atoms with Crippen molar-refractivity contribution in [3.8, 4) is 0 Å². The molecule has 1 heterocycles. The Labute approximate surface area is 109 Å². The van der Waals surface area contributed by atoms with Gasteiger partial charge in [-0.15, -0.1) is 11.3 Å². The summed E-state index contributed by atoms with van der Waals surface area (Å²) in [6, 6.07) is 8.57. The number of thiophene rings is 1. The van der Waals surface area contributed by atoms with Gasteiger partial charge in [-0.3, -0.25) is 0 Å². The summed E-state index contributed by atoms with van der Waals surface area (Å²) in [7, 11) is 0. The molecule has 0 saturated carbocycles. The largest absolute Gasteiger partial charge is 0.380 e. The maximum atomic E-state index is 3.58. The van der Waals surface area contributed by atoms with E-state index in [0.29, 0.717) is 0 Å². The lowest BCUT2D eigenvalue weighted by molar-refractivity contribution is 1.18. The van der Waals surface area contributed by atoms with Gasteiger partial charge in [-0.2, -0.15) is 0 Å². The third kappa shape index (κ3) is 2.66.